The number of carbonyl (C=O) groups is 1. The van der Waals surface area contributed by atoms with Gasteiger partial charge in [-0.25, -0.2) is 9.78 Å². The number of esters is 1. The van der Waals surface area contributed by atoms with Crippen molar-refractivity contribution in [2.45, 2.75) is 25.0 Å². The number of ether oxygens (including phenoxy) is 2. The molecular weight excluding hydrogens is 394 g/mol. The second kappa shape index (κ2) is 8.15. The van der Waals surface area contributed by atoms with Gasteiger partial charge in [0.25, 0.3) is 0 Å². The van der Waals surface area contributed by atoms with Crippen LogP contribution in [-0.4, -0.2) is 53.5 Å². The molecule has 0 spiro atoms. The molecule has 1 saturated heterocycles. The zero-order chi connectivity index (χ0) is 21.4. The van der Waals surface area contributed by atoms with E-state index in [2.05, 4.69) is 9.88 Å². The Balaban J connectivity index is 1.26. The first-order chi connectivity index (χ1) is 15.1. The van der Waals surface area contributed by atoms with Gasteiger partial charge in [-0.1, -0.05) is 12.1 Å². The molecule has 1 N–H and O–H groups in total. The highest BCUT2D eigenvalue weighted by Crippen LogP contribution is 2.39. The van der Waals surface area contributed by atoms with Crippen LogP contribution in [0.1, 0.15) is 23.2 Å². The summed E-state index contributed by atoms with van der Waals surface area (Å²) in [5.41, 5.74) is 2.26. The largest absolute Gasteiger partial charge is 0.488 e. The van der Waals surface area contributed by atoms with E-state index in [1.807, 2.05) is 30.5 Å². The summed E-state index contributed by atoms with van der Waals surface area (Å²) in [6.45, 7) is 1.75. The zero-order valence-corrected chi connectivity index (χ0v) is 17.3. The summed E-state index contributed by atoms with van der Waals surface area (Å²) in [4.78, 5) is 23.2. The summed E-state index contributed by atoms with van der Waals surface area (Å²) in [6, 6.07) is 14.7. The topological polar surface area (TPSA) is 84.8 Å². The molecule has 2 aliphatic rings. The molecule has 160 valence electrons. The highest BCUT2D eigenvalue weighted by atomic mass is 16.5. The number of methoxy groups -OCH3 is 1. The molecule has 0 amide bonds. The molecule has 0 bridgehead atoms. The normalized spacial score (nSPS) is 25.3. The van der Waals surface area contributed by atoms with Crippen LogP contribution in [0.15, 0.2) is 54.7 Å². The van der Waals surface area contributed by atoms with Crippen LogP contribution in [0.2, 0.25) is 0 Å². The maximum absolute atomic E-state index is 11.6. The molecule has 0 radical (unpaired) electrons. The second-order valence-corrected chi connectivity index (χ2v) is 8.35. The lowest BCUT2D eigenvalue weighted by molar-refractivity contribution is -0.0231. The van der Waals surface area contributed by atoms with Gasteiger partial charge in [-0.3, -0.25) is 4.98 Å². The van der Waals surface area contributed by atoms with Crippen molar-refractivity contribution in [2.24, 2.45) is 11.8 Å². The SMILES string of the molecule is COC(=O)c1ccc(O[C@@H]2C[C@@H]3CN(c4cnc5ccccc5n4)C[C@@H]3C[C@H]2O)cc1. The number of benzene rings is 2. The van der Waals surface area contributed by atoms with Gasteiger partial charge in [0.1, 0.15) is 17.7 Å². The van der Waals surface area contributed by atoms with E-state index in [-0.39, 0.29) is 12.1 Å². The Labute approximate surface area is 180 Å². The quantitative estimate of drug-likeness (QED) is 0.651. The van der Waals surface area contributed by atoms with Gasteiger partial charge in [-0.2, -0.15) is 0 Å². The van der Waals surface area contributed by atoms with Crippen molar-refractivity contribution >= 4 is 22.8 Å². The molecule has 2 heterocycles. The van der Waals surface area contributed by atoms with Crippen molar-refractivity contribution in [3.63, 3.8) is 0 Å². The highest BCUT2D eigenvalue weighted by molar-refractivity contribution is 5.89. The van der Waals surface area contributed by atoms with Gasteiger partial charge in [-0.05, 0) is 61.1 Å². The Kier molecular flexibility index (Phi) is 5.19. The third kappa shape index (κ3) is 3.93. The van der Waals surface area contributed by atoms with Gasteiger partial charge >= 0.3 is 5.97 Å². The number of carbonyl (C=O) groups excluding carboxylic acids is 1. The van der Waals surface area contributed by atoms with E-state index in [1.165, 1.54) is 7.11 Å². The number of hydrogen-bond donors (Lipinski definition) is 1. The molecule has 0 unspecified atom stereocenters. The predicted octanol–water partition coefficient (Wildman–Crippen LogP) is 3.07. The molecule has 1 saturated carbocycles. The summed E-state index contributed by atoms with van der Waals surface area (Å²) in [6.07, 6.45) is 2.53. The molecule has 7 nitrogen and oxygen atoms in total. The van der Waals surface area contributed by atoms with Gasteiger partial charge in [0.2, 0.25) is 0 Å². The number of aliphatic hydroxyl groups excluding tert-OH is 1. The summed E-state index contributed by atoms with van der Waals surface area (Å²) in [5.74, 6) is 1.99. The summed E-state index contributed by atoms with van der Waals surface area (Å²) >= 11 is 0. The minimum atomic E-state index is -0.524. The number of hydrogen-bond acceptors (Lipinski definition) is 7. The van der Waals surface area contributed by atoms with E-state index in [4.69, 9.17) is 14.5 Å². The van der Waals surface area contributed by atoms with E-state index in [1.54, 1.807) is 24.3 Å². The summed E-state index contributed by atoms with van der Waals surface area (Å²) < 4.78 is 10.8. The maximum atomic E-state index is 11.6. The van der Waals surface area contributed by atoms with E-state index >= 15 is 0 Å². The van der Waals surface area contributed by atoms with Crippen molar-refractivity contribution in [1.82, 2.24) is 9.97 Å². The van der Waals surface area contributed by atoms with Crippen LogP contribution in [0, 0.1) is 11.8 Å². The van der Waals surface area contributed by atoms with Crippen LogP contribution in [0.25, 0.3) is 11.0 Å². The molecule has 3 aromatic rings. The molecule has 1 aliphatic heterocycles. The fraction of sp³-hybridized carbons (Fsp3) is 0.375. The zero-order valence-electron chi connectivity index (χ0n) is 17.3. The number of anilines is 1. The third-order valence-electron chi connectivity index (χ3n) is 6.41. The second-order valence-electron chi connectivity index (χ2n) is 8.35. The first kappa shape index (κ1) is 19.8. The molecule has 5 rings (SSSR count). The molecule has 2 aromatic carbocycles. The lowest BCUT2D eigenvalue weighted by atomic mass is 9.78. The average molecular weight is 419 g/mol. The van der Waals surface area contributed by atoms with Gasteiger partial charge in [0.15, 0.2) is 0 Å². The van der Waals surface area contributed by atoms with Crippen LogP contribution in [-0.2, 0) is 4.74 Å². The fourth-order valence-electron chi connectivity index (χ4n) is 4.77. The van der Waals surface area contributed by atoms with Gasteiger partial charge < -0.3 is 19.5 Å². The van der Waals surface area contributed by atoms with Crippen molar-refractivity contribution in [2.75, 3.05) is 25.1 Å². The van der Waals surface area contributed by atoms with Crippen LogP contribution in [0.4, 0.5) is 5.82 Å². The standard InChI is InChI=1S/C24H25N3O4/c1-30-24(29)15-6-8-18(9-7-15)31-22-11-17-14-27(13-16(17)10-21(22)28)23-12-25-19-4-2-3-5-20(19)26-23/h2-9,12,16-17,21-22,28H,10-11,13-14H2,1H3/t16-,17+,21+,22+/m0/s1. The maximum Gasteiger partial charge on any atom is 0.337 e. The van der Waals surface area contributed by atoms with E-state index in [0.717, 1.165) is 36.4 Å². The van der Waals surface area contributed by atoms with Crippen molar-refractivity contribution in [1.29, 1.82) is 0 Å². The Morgan fingerprint density at radius 3 is 2.48 bits per heavy atom. The van der Waals surface area contributed by atoms with Crippen LogP contribution in [0.3, 0.4) is 0 Å². The van der Waals surface area contributed by atoms with Gasteiger partial charge in [0.05, 0.1) is 36.0 Å². The minimum Gasteiger partial charge on any atom is -0.488 e. The molecule has 1 aliphatic carbocycles. The molecule has 7 heteroatoms. The Bertz CT molecular complexity index is 1090. The Morgan fingerprint density at radius 1 is 1.03 bits per heavy atom. The monoisotopic (exact) mass is 419 g/mol. The number of aliphatic hydroxyl groups is 1. The predicted molar refractivity (Wildman–Crippen MR) is 116 cm³/mol. The summed E-state index contributed by atoms with van der Waals surface area (Å²) in [7, 11) is 1.36. The molecule has 4 atom stereocenters. The number of aromatic nitrogens is 2. The van der Waals surface area contributed by atoms with Crippen molar-refractivity contribution in [3.05, 3.63) is 60.3 Å². The van der Waals surface area contributed by atoms with E-state index < -0.39 is 6.10 Å². The lowest BCUT2D eigenvalue weighted by Crippen LogP contribution is -2.42. The first-order valence-corrected chi connectivity index (χ1v) is 10.6. The van der Waals surface area contributed by atoms with Gasteiger partial charge in [0, 0.05) is 13.1 Å². The number of nitrogens with zero attached hydrogens (tertiary/aromatic N) is 3. The number of rotatable bonds is 4. The van der Waals surface area contributed by atoms with Crippen molar-refractivity contribution < 1.29 is 19.4 Å². The molecular formula is C24H25N3O4. The molecule has 2 fully saturated rings. The Hall–Kier alpha value is -3.19. The smallest absolute Gasteiger partial charge is 0.337 e. The van der Waals surface area contributed by atoms with E-state index in [9.17, 15) is 9.90 Å². The lowest BCUT2D eigenvalue weighted by Gasteiger charge is -2.35. The summed E-state index contributed by atoms with van der Waals surface area (Å²) in [5, 5.41) is 10.7. The Morgan fingerprint density at radius 2 is 1.74 bits per heavy atom. The number of fused-ring (bicyclic) bond motifs is 2. The first-order valence-electron chi connectivity index (χ1n) is 10.6. The molecule has 1 aromatic heterocycles. The third-order valence-corrected chi connectivity index (χ3v) is 6.41. The van der Waals surface area contributed by atoms with Crippen molar-refractivity contribution in [3.8, 4) is 5.75 Å². The highest BCUT2D eigenvalue weighted by Gasteiger charge is 2.43. The van der Waals surface area contributed by atoms with Crippen LogP contribution in [0.5, 0.6) is 5.75 Å². The average Bonchev–Trinajstić information content (AvgIpc) is 3.21. The van der Waals surface area contributed by atoms with Crippen LogP contribution >= 0.6 is 0 Å². The molecule has 31 heavy (non-hydrogen) atoms. The number of para-hydroxylation sites is 2. The van der Waals surface area contributed by atoms with E-state index in [0.29, 0.717) is 29.6 Å². The fourth-order valence-corrected chi connectivity index (χ4v) is 4.77. The van der Waals surface area contributed by atoms with Gasteiger partial charge in [-0.15, -0.1) is 0 Å². The minimum absolute atomic E-state index is 0.270. The van der Waals surface area contributed by atoms with Crippen LogP contribution < -0.4 is 9.64 Å².